The molecule has 112 valence electrons. The molecule has 1 atom stereocenters. The number of rotatable bonds is 6. The van der Waals surface area contributed by atoms with Crippen LogP contribution in [-0.2, 0) is 11.2 Å². The van der Waals surface area contributed by atoms with Crippen molar-refractivity contribution in [1.29, 1.82) is 5.26 Å². The highest BCUT2D eigenvalue weighted by Crippen LogP contribution is 2.12. The predicted molar refractivity (Wildman–Crippen MR) is 80.2 cm³/mol. The van der Waals surface area contributed by atoms with Crippen LogP contribution in [0, 0.1) is 23.1 Å². The zero-order valence-electron chi connectivity index (χ0n) is 11.8. The molecule has 0 saturated heterocycles. The van der Waals surface area contributed by atoms with E-state index in [1.54, 1.807) is 24.3 Å². The highest BCUT2D eigenvalue weighted by atomic mass is 19.1. The maximum atomic E-state index is 12.9. The summed E-state index contributed by atoms with van der Waals surface area (Å²) in [5, 5.41) is 11.7. The van der Waals surface area contributed by atoms with Gasteiger partial charge < -0.3 is 11.1 Å². The Morgan fingerprint density at radius 3 is 2.59 bits per heavy atom. The highest BCUT2D eigenvalue weighted by molar-refractivity contribution is 5.77. The first-order chi connectivity index (χ1) is 10.6. The molecule has 5 nitrogen and oxygen atoms in total. The molecule has 1 heterocycles. The van der Waals surface area contributed by atoms with Gasteiger partial charge in [0.25, 0.3) is 0 Å². The van der Waals surface area contributed by atoms with Gasteiger partial charge in [0.15, 0.2) is 0 Å². The summed E-state index contributed by atoms with van der Waals surface area (Å²) in [5.74, 6) is -1.18. The molecule has 22 heavy (non-hydrogen) atoms. The molecule has 0 aliphatic carbocycles. The summed E-state index contributed by atoms with van der Waals surface area (Å²) in [6, 6.07) is 11.2. The van der Waals surface area contributed by atoms with E-state index < -0.39 is 11.8 Å². The van der Waals surface area contributed by atoms with Crippen molar-refractivity contribution in [2.45, 2.75) is 6.42 Å². The number of anilines is 1. The Morgan fingerprint density at radius 1 is 1.32 bits per heavy atom. The molecule has 3 N–H and O–H groups in total. The summed E-state index contributed by atoms with van der Waals surface area (Å²) in [6.07, 6.45) is 1.95. The second-order valence-corrected chi connectivity index (χ2v) is 4.85. The largest absolute Gasteiger partial charge is 0.383 e. The van der Waals surface area contributed by atoms with Crippen molar-refractivity contribution in [2.24, 2.45) is 11.7 Å². The van der Waals surface area contributed by atoms with Gasteiger partial charge in [0.2, 0.25) is 5.91 Å². The Kier molecular flexibility index (Phi) is 5.04. The maximum absolute atomic E-state index is 12.9. The first kappa shape index (κ1) is 15.4. The fourth-order valence-corrected chi connectivity index (χ4v) is 1.98. The van der Waals surface area contributed by atoms with Gasteiger partial charge in [-0.05, 0) is 36.2 Å². The molecule has 2 aromatic rings. The Hall–Kier alpha value is -2.94. The molecular weight excluding hydrogens is 283 g/mol. The van der Waals surface area contributed by atoms with E-state index in [2.05, 4.69) is 10.3 Å². The lowest BCUT2D eigenvalue weighted by molar-refractivity contribution is -0.121. The molecule has 0 aliphatic heterocycles. The summed E-state index contributed by atoms with van der Waals surface area (Å²) in [4.78, 5) is 15.5. The molecular formula is C16H15FN4O. The lowest BCUT2D eigenvalue weighted by atomic mass is 9.98. The number of carbonyl (C=O) groups is 1. The molecule has 6 heteroatoms. The molecule has 1 unspecified atom stereocenters. The number of aromatic nitrogens is 1. The van der Waals surface area contributed by atoms with Crippen molar-refractivity contribution in [3.8, 4) is 6.07 Å². The topological polar surface area (TPSA) is 91.8 Å². The minimum atomic E-state index is -0.432. The van der Waals surface area contributed by atoms with Crippen molar-refractivity contribution in [1.82, 2.24) is 4.98 Å². The fourth-order valence-electron chi connectivity index (χ4n) is 1.98. The SMILES string of the molecule is N#Cc1ccc(NCC(Cc2ccc(F)cc2)C(N)=O)cn1. The number of pyridine rings is 1. The monoisotopic (exact) mass is 298 g/mol. The predicted octanol–water partition coefficient (Wildman–Crippen LogP) is 1.85. The zero-order valence-corrected chi connectivity index (χ0v) is 11.8. The van der Waals surface area contributed by atoms with Crippen LogP contribution in [0.5, 0.6) is 0 Å². The van der Waals surface area contributed by atoms with Crippen LogP contribution in [-0.4, -0.2) is 17.4 Å². The van der Waals surface area contributed by atoms with Crippen LogP contribution in [0.15, 0.2) is 42.6 Å². The fraction of sp³-hybridized carbons (Fsp3) is 0.188. The quantitative estimate of drug-likeness (QED) is 0.851. The van der Waals surface area contributed by atoms with E-state index in [-0.39, 0.29) is 5.82 Å². The molecule has 0 spiro atoms. The van der Waals surface area contributed by atoms with E-state index in [0.29, 0.717) is 24.3 Å². The number of halogens is 1. The molecule has 1 aromatic carbocycles. The average Bonchev–Trinajstić information content (AvgIpc) is 2.53. The number of hydrogen-bond donors (Lipinski definition) is 2. The summed E-state index contributed by atoms with van der Waals surface area (Å²) in [7, 11) is 0. The lowest BCUT2D eigenvalue weighted by Gasteiger charge is -2.15. The van der Waals surface area contributed by atoms with Gasteiger partial charge in [-0.1, -0.05) is 12.1 Å². The number of benzene rings is 1. The molecule has 0 radical (unpaired) electrons. The van der Waals surface area contributed by atoms with Crippen LogP contribution in [0.3, 0.4) is 0 Å². The molecule has 2 rings (SSSR count). The first-order valence-corrected chi connectivity index (χ1v) is 6.72. The van der Waals surface area contributed by atoms with Crippen molar-refractivity contribution < 1.29 is 9.18 Å². The molecule has 0 bridgehead atoms. The first-order valence-electron chi connectivity index (χ1n) is 6.72. The van der Waals surface area contributed by atoms with E-state index in [0.717, 1.165) is 5.56 Å². The smallest absolute Gasteiger partial charge is 0.222 e. The van der Waals surface area contributed by atoms with Crippen LogP contribution in [0.25, 0.3) is 0 Å². The number of amides is 1. The number of nitrogens with one attached hydrogen (secondary N) is 1. The number of nitriles is 1. The van der Waals surface area contributed by atoms with Crippen LogP contribution < -0.4 is 11.1 Å². The van der Waals surface area contributed by atoms with Crippen molar-refractivity contribution in [3.63, 3.8) is 0 Å². The standard InChI is InChI=1S/C16H15FN4O/c17-13-3-1-11(2-4-13)7-12(16(19)22)9-20-15-6-5-14(8-18)21-10-15/h1-6,10,12,20H,7,9H2,(H2,19,22). The van der Waals surface area contributed by atoms with Gasteiger partial charge in [-0.25, -0.2) is 9.37 Å². The van der Waals surface area contributed by atoms with E-state index >= 15 is 0 Å². The van der Waals surface area contributed by atoms with Gasteiger partial charge in [-0.3, -0.25) is 4.79 Å². The minimum Gasteiger partial charge on any atom is -0.383 e. The highest BCUT2D eigenvalue weighted by Gasteiger charge is 2.16. The Balaban J connectivity index is 1.98. The molecule has 1 aromatic heterocycles. The third-order valence-corrected chi connectivity index (χ3v) is 3.23. The van der Waals surface area contributed by atoms with Gasteiger partial charge >= 0.3 is 0 Å². The normalized spacial score (nSPS) is 11.5. The second-order valence-electron chi connectivity index (χ2n) is 4.85. The van der Waals surface area contributed by atoms with Gasteiger partial charge in [0, 0.05) is 6.54 Å². The van der Waals surface area contributed by atoms with Gasteiger partial charge in [-0.15, -0.1) is 0 Å². The summed E-state index contributed by atoms with van der Waals surface area (Å²) < 4.78 is 12.9. The van der Waals surface area contributed by atoms with Crippen molar-refractivity contribution in [3.05, 3.63) is 59.7 Å². The van der Waals surface area contributed by atoms with E-state index in [4.69, 9.17) is 11.0 Å². The second kappa shape index (κ2) is 7.18. The molecule has 0 saturated carbocycles. The molecule has 0 aliphatic rings. The Bertz CT molecular complexity index is 677. The van der Waals surface area contributed by atoms with Crippen LogP contribution in [0.2, 0.25) is 0 Å². The number of carbonyl (C=O) groups excluding carboxylic acids is 1. The Morgan fingerprint density at radius 2 is 2.05 bits per heavy atom. The van der Waals surface area contributed by atoms with Crippen molar-refractivity contribution >= 4 is 11.6 Å². The molecule has 1 amide bonds. The molecule has 0 fully saturated rings. The number of primary amides is 1. The van der Waals surface area contributed by atoms with E-state index in [1.165, 1.54) is 18.3 Å². The van der Waals surface area contributed by atoms with Gasteiger partial charge in [0.1, 0.15) is 17.6 Å². The lowest BCUT2D eigenvalue weighted by Crippen LogP contribution is -2.31. The zero-order chi connectivity index (χ0) is 15.9. The van der Waals surface area contributed by atoms with Gasteiger partial charge in [0.05, 0.1) is 17.8 Å². The number of hydrogen-bond acceptors (Lipinski definition) is 4. The third kappa shape index (κ3) is 4.28. The van der Waals surface area contributed by atoms with E-state index in [1.807, 2.05) is 6.07 Å². The number of nitrogens with zero attached hydrogens (tertiary/aromatic N) is 2. The average molecular weight is 298 g/mol. The summed E-state index contributed by atoms with van der Waals surface area (Å²) in [6.45, 7) is 0.334. The third-order valence-electron chi connectivity index (χ3n) is 3.23. The maximum Gasteiger partial charge on any atom is 0.222 e. The Labute approximate surface area is 127 Å². The van der Waals surface area contributed by atoms with E-state index in [9.17, 15) is 9.18 Å². The number of nitrogens with two attached hydrogens (primary N) is 1. The van der Waals surface area contributed by atoms with Gasteiger partial charge in [-0.2, -0.15) is 5.26 Å². The summed E-state index contributed by atoms with van der Waals surface area (Å²) >= 11 is 0. The minimum absolute atomic E-state index is 0.318. The summed E-state index contributed by atoms with van der Waals surface area (Å²) in [5.41, 5.74) is 7.27. The van der Waals surface area contributed by atoms with Crippen LogP contribution in [0.1, 0.15) is 11.3 Å². The van der Waals surface area contributed by atoms with Crippen LogP contribution in [0.4, 0.5) is 10.1 Å². The van der Waals surface area contributed by atoms with Crippen molar-refractivity contribution in [2.75, 3.05) is 11.9 Å². The van der Waals surface area contributed by atoms with Crippen LogP contribution >= 0.6 is 0 Å².